The first-order valence-corrected chi connectivity index (χ1v) is 10.1. The summed E-state index contributed by atoms with van der Waals surface area (Å²) in [5, 5.41) is 4.22. The number of carbonyl (C=O) groups is 1. The van der Waals surface area contributed by atoms with Gasteiger partial charge in [0, 0.05) is 24.4 Å². The Morgan fingerprint density at radius 2 is 1.77 bits per heavy atom. The van der Waals surface area contributed by atoms with Gasteiger partial charge in [0.2, 0.25) is 11.8 Å². The SMILES string of the molecule is CCC(=O)N(c1cccc(C)c1)c1onc(-c2cc(C)ccc2F)c1-c1ccncc1. The predicted octanol–water partition coefficient (Wildman–Crippen LogP) is 6.23. The lowest BCUT2D eigenvalue weighted by atomic mass is 9.99. The summed E-state index contributed by atoms with van der Waals surface area (Å²) >= 11 is 0. The van der Waals surface area contributed by atoms with Crippen LogP contribution in [0.15, 0.2) is 71.5 Å². The van der Waals surface area contributed by atoms with Gasteiger partial charge in [-0.15, -0.1) is 0 Å². The quantitative estimate of drug-likeness (QED) is 0.387. The first-order valence-electron chi connectivity index (χ1n) is 10.1. The average Bonchev–Trinajstić information content (AvgIpc) is 3.20. The first-order chi connectivity index (χ1) is 15.0. The molecule has 0 aliphatic carbocycles. The van der Waals surface area contributed by atoms with Crippen LogP contribution < -0.4 is 4.90 Å². The number of hydrogen-bond donors (Lipinski definition) is 0. The highest BCUT2D eigenvalue weighted by molar-refractivity contribution is 6.04. The molecule has 0 saturated carbocycles. The van der Waals surface area contributed by atoms with E-state index in [4.69, 9.17) is 4.52 Å². The van der Waals surface area contributed by atoms with Crippen LogP contribution in [0.25, 0.3) is 22.4 Å². The van der Waals surface area contributed by atoms with E-state index in [1.165, 1.54) is 11.0 Å². The number of nitrogens with zero attached hydrogens (tertiary/aromatic N) is 3. The molecule has 1 amide bonds. The third-order valence-electron chi connectivity index (χ3n) is 5.03. The predicted molar refractivity (Wildman–Crippen MR) is 118 cm³/mol. The number of anilines is 2. The zero-order valence-electron chi connectivity index (χ0n) is 17.6. The maximum absolute atomic E-state index is 14.8. The molecule has 0 aliphatic heterocycles. The molecule has 0 N–H and O–H groups in total. The molecule has 2 aromatic carbocycles. The third kappa shape index (κ3) is 3.97. The topological polar surface area (TPSA) is 59.2 Å². The number of aromatic nitrogens is 2. The van der Waals surface area contributed by atoms with E-state index in [-0.39, 0.29) is 18.2 Å². The Morgan fingerprint density at radius 3 is 2.48 bits per heavy atom. The lowest BCUT2D eigenvalue weighted by molar-refractivity contribution is -0.117. The van der Waals surface area contributed by atoms with Gasteiger partial charge in [0.1, 0.15) is 11.5 Å². The van der Waals surface area contributed by atoms with Crippen LogP contribution in [-0.2, 0) is 4.79 Å². The van der Waals surface area contributed by atoms with Crippen LogP contribution in [0, 0.1) is 19.7 Å². The fourth-order valence-electron chi connectivity index (χ4n) is 3.52. The van der Waals surface area contributed by atoms with Crippen molar-refractivity contribution in [1.82, 2.24) is 10.1 Å². The van der Waals surface area contributed by atoms with Crippen molar-refractivity contribution in [1.29, 1.82) is 0 Å². The van der Waals surface area contributed by atoms with Gasteiger partial charge < -0.3 is 4.52 Å². The normalized spacial score (nSPS) is 10.8. The third-order valence-corrected chi connectivity index (χ3v) is 5.03. The van der Waals surface area contributed by atoms with Gasteiger partial charge in [0.05, 0.1) is 11.3 Å². The van der Waals surface area contributed by atoms with Crippen molar-refractivity contribution in [3.05, 3.63) is 83.9 Å². The van der Waals surface area contributed by atoms with E-state index >= 15 is 0 Å². The molecule has 0 unspecified atom stereocenters. The van der Waals surface area contributed by atoms with Crippen LogP contribution in [0.2, 0.25) is 0 Å². The Kier molecular flexibility index (Phi) is 5.62. The van der Waals surface area contributed by atoms with Gasteiger partial charge in [-0.25, -0.2) is 9.29 Å². The molecule has 0 spiro atoms. The maximum atomic E-state index is 14.8. The van der Waals surface area contributed by atoms with Crippen molar-refractivity contribution in [2.45, 2.75) is 27.2 Å². The standard InChI is InChI=1S/C25H22FN3O2/c1-4-22(30)29(19-7-5-6-16(2)14-19)25-23(18-10-12-27-13-11-18)24(28-31-25)20-15-17(3)8-9-21(20)26/h5-15H,4H2,1-3H3. The second-order valence-corrected chi connectivity index (χ2v) is 7.35. The van der Waals surface area contributed by atoms with Gasteiger partial charge in [-0.2, -0.15) is 0 Å². The van der Waals surface area contributed by atoms with E-state index < -0.39 is 5.82 Å². The molecule has 0 atom stereocenters. The highest BCUT2D eigenvalue weighted by Gasteiger charge is 2.29. The summed E-state index contributed by atoms with van der Waals surface area (Å²) in [6, 6.07) is 16.0. The Bertz CT molecular complexity index is 1230. The van der Waals surface area contributed by atoms with Gasteiger partial charge in [-0.05, 0) is 61.4 Å². The van der Waals surface area contributed by atoms with Crippen LogP contribution >= 0.6 is 0 Å². The zero-order valence-corrected chi connectivity index (χ0v) is 17.6. The van der Waals surface area contributed by atoms with Gasteiger partial charge in [-0.1, -0.05) is 35.8 Å². The monoisotopic (exact) mass is 415 g/mol. The number of hydrogen-bond acceptors (Lipinski definition) is 4. The molecule has 0 saturated heterocycles. The molecule has 4 aromatic rings. The van der Waals surface area contributed by atoms with E-state index in [0.717, 1.165) is 16.7 Å². The molecule has 4 rings (SSSR count). The number of halogens is 1. The molecule has 5 nitrogen and oxygen atoms in total. The van der Waals surface area contributed by atoms with E-state index in [1.807, 2.05) is 38.1 Å². The van der Waals surface area contributed by atoms with E-state index in [1.54, 1.807) is 43.6 Å². The molecule has 6 heteroatoms. The minimum absolute atomic E-state index is 0.159. The van der Waals surface area contributed by atoms with Crippen molar-refractivity contribution in [2.75, 3.05) is 4.90 Å². The zero-order chi connectivity index (χ0) is 22.0. The van der Waals surface area contributed by atoms with Crippen LogP contribution in [0.3, 0.4) is 0 Å². The summed E-state index contributed by atoms with van der Waals surface area (Å²) in [5.74, 6) is -0.322. The molecule has 2 aromatic heterocycles. The van der Waals surface area contributed by atoms with E-state index in [0.29, 0.717) is 22.5 Å². The van der Waals surface area contributed by atoms with Crippen molar-refractivity contribution in [3.8, 4) is 22.4 Å². The maximum Gasteiger partial charge on any atom is 0.247 e. The summed E-state index contributed by atoms with van der Waals surface area (Å²) < 4.78 is 20.5. The van der Waals surface area contributed by atoms with Gasteiger partial charge in [-0.3, -0.25) is 9.78 Å². The van der Waals surface area contributed by atoms with Crippen LogP contribution in [0.4, 0.5) is 16.0 Å². The summed E-state index contributed by atoms with van der Waals surface area (Å²) in [5.41, 5.74) is 4.47. The fraction of sp³-hybridized carbons (Fsp3) is 0.160. The number of rotatable bonds is 5. The summed E-state index contributed by atoms with van der Waals surface area (Å²) in [4.78, 5) is 18.6. The molecular weight excluding hydrogens is 393 g/mol. The number of amides is 1. The molecule has 31 heavy (non-hydrogen) atoms. The lowest BCUT2D eigenvalue weighted by Gasteiger charge is -2.21. The Balaban J connectivity index is 2.00. The summed E-state index contributed by atoms with van der Waals surface area (Å²) in [6.45, 7) is 5.63. The highest BCUT2D eigenvalue weighted by atomic mass is 19.1. The number of aryl methyl sites for hydroxylation is 2. The Labute approximate surface area is 180 Å². The van der Waals surface area contributed by atoms with Crippen molar-refractivity contribution < 1.29 is 13.7 Å². The van der Waals surface area contributed by atoms with Gasteiger partial charge in [0.15, 0.2) is 0 Å². The molecular formula is C25H22FN3O2. The first kappa shape index (κ1) is 20.5. The summed E-state index contributed by atoms with van der Waals surface area (Å²) in [6.07, 6.45) is 3.54. The average molecular weight is 415 g/mol. The summed E-state index contributed by atoms with van der Waals surface area (Å²) in [7, 11) is 0. The minimum atomic E-state index is -0.412. The van der Waals surface area contributed by atoms with E-state index in [9.17, 15) is 9.18 Å². The highest BCUT2D eigenvalue weighted by Crippen LogP contribution is 2.43. The Hall–Kier alpha value is -3.80. The second kappa shape index (κ2) is 8.52. The van der Waals surface area contributed by atoms with Crippen LogP contribution in [0.5, 0.6) is 0 Å². The Morgan fingerprint density at radius 1 is 1.03 bits per heavy atom. The molecule has 0 bridgehead atoms. The smallest absolute Gasteiger partial charge is 0.247 e. The molecule has 0 radical (unpaired) electrons. The minimum Gasteiger partial charge on any atom is -0.336 e. The van der Waals surface area contributed by atoms with Gasteiger partial charge >= 0.3 is 0 Å². The lowest BCUT2D eigenvalue weighted by Crippen LogP contribution is -2.25. The number of pyridine rings is 1. The largest absolute Gasteiger partial charge is 0.336 e. The molecule has 2 heterocycles. The second-order valence-electron chi connectivity index (χ2n) is 7.35. The van der Waals surface area contributed by atoms with Crippen molar-refractivity contribution in [3.63, 3.8) is 0 Å². The molecule has 0 fully saturated rings. The van der Waals surface area contributed by atoms with Crippen molar-refractivity contribution >= 4 is 17.5 Å². The van der Waals surface area contributed by atoms with Crippen molar-refractivity contribution in [2.24, 2.45) is 0 Å². The van der Waals surface area contributed by atoms with E-state index in [2.05, 4.69) is 10.1 Å². The molecule has 156 valence electrons. The molecule has 0 aliphatic rings. The number of benzene rings is 2. The van der Waals surface area contributed by atoms with Crippen LogP contribution in [0.1, 0.15) is 24.5 Å². The van der Waals surface area contributed by atoms with Gasteiger partial charge in [0.25, 0.3) is 0 Å². The number of carbonyl (C=O) groups excluding carboxylic acids is 1. The fourth-order valence-corrected chi connectivity index (χ4v) is 3.52. The van der Waals surface area contributed by atoms with Crippen LogP contribution in [-0.4, -0.2) is 16.0 Å².